The minimum absolute atomic E-state index is 0.111. The lowest BCUT2D eigenvalue weighted by atomic mass is 9.81. The van der Waals surface area contributed by atoms with Gasteiger partial charge < -0.3 is 10.6 Å². The van der Waals surface area contributed by atoms with Crippen LogP contribution in [0.5, 0.6) is 0 Å². The second-order valence-corrected chi connectivity index (χ2v) is 5.62. The Morgan fingerprint density at radius 1 is 1.14 bits per heavy atom. The van der Waals surface area contributed by atoms with E-state index in [1.807, 2.05) is 12.2 Å². The van der Waals surface area contributed by atoms with Crippen LogP contribution in [0.2, 0.25) is 5.02 Å². The Hall–Kier alpha value is -2.07. The number of hydrogen-bond acceptors (Lipinski definition) is 2. The van der Waals surface area contributed by atoms with Gasteiger partial charge in [-0.3, -0.25) is 9.59 Å². The molecule has 0 aromatic heterocycles. The Bertz CT molecular complexity index is 581. The second-order valence-electron chi connectivity index (χ2n) is 5.19. The summed E-state index contributed by atoms with van der Waals surface area (Å²) < 4.78 is 0. The molecule has 0 radical (unpaired) electrons. The van der Waals surface area contributed by atoms with E-state index in [9.17, 15) is 9.59 Å². The summed E-state index contributed by atoms with van der Waals surface area (Å²) in [6.45, 7) is 3.98. The number of carbonyl (C=O) groups is 2. The average molecular weight is 319 g/mol. The molecule has 1 aromatic carbocycles. The lowest BCUT2D eigenvalue weighted by Gasteiger charge is -2.26. The molecule has 2 N–H and O–H groups in total. The van der Waals surface area contributed by atoms with Crippen LogP contribution in [-0.2, 0) is 9.59 Å². The molecule has 0 bridgehead atoms. The van der Waals surface area contributed by atoms with Crippen LogP contribution in [0.4, 0.5) is 5.69 Å². The highest BCUT2D eigenvalue weighted by atomic mass is 35.5. The number of amides is 2. The van der Waals surface area contributed by atoms with Crippen LogP contribution in [0.1, 0.15) is 12.8 Å². The third-order valence-electron chi connectivity index (χ3n) is 3.64. The zero-order valence-electron chi connectivity index (χ0n) is 12.2. The van der Waals surface area contributed by atoms with Gasteiger partial charge in [0.1, 0.15) is 0 Å². The van der Waals surface area contributed by atoms with Crippen molar-refractivity contribution in [2.45, 2.75) is 12.8 Å². The number of allylic oxidation sites excluding steroid dienone is 2. The van der Waals surface area contributed by atoms with Crippen molar-refractivity contribution in [2.24, 2.45) is 11.8 Å². The number of carbonyl (C=O) groups excluding carboxylic acids is 2. The normalized spacial score (nSPS) is 20.2. The quantitative estimate of drug-likeness (QED) is 0.819. The van der Waals surface area contributed by atoms with Gasteiger partial charge >= 0.3 is 0 Å². The van der Waals surface area contributed by atoms with Gasteiger partial charge in [0.15, 0.2) is 0 Å². The maximum absolute atomic E-state index is 12.5. The first kappa shape index (κ1) is 16.3. The van der Waals surface area contributed by atoms with Gasteiger partial charge in [-0.15, -0.1) is 6.58 Å². The first-order valence-corrected chi connectivity index (χ1v) is 7.59. The lowest BCUT2D eigenvalue weighted by molar-refractivity contribution is -0.132. The molecule has 4 nitrogen and oxygen atoms in total. The van der Waals surface area contributed by atoms with Crippen molar-refractivity contribution in [3.63, 3.8) is 0 Å². The van der Waals surface area contributed by atoms with Crippen molar-refractivity contribution >= 4 is 29.1 Å². The molecule has 1 aromatic rings. The van der Waals surface area contributed by atoms with Crippen molar-refractivity contribution < 1.29 is 9.59 Å². The molecule has 5 heteroatoms. The van der Waals surface area contributed by atoms with E-state index in [0.29, 0.717) is 30.1 Å². The van der Waals surface area contributed by atoms with Crippen molar-refractivity contribution in [3.8, 4) is 0 Å². The average Bonchev–Trinajstić information content (AvgIpc) is 2.54. The fourth-order valence-electron chi connectivity index (χ4n) is 2.47. The number of rotatable bonds is 5. The van der Waals surface area contributed by atoms with E-state index in [2.05, 4.69) is 17.2 Å². The number of halogens is 1. The van der Waals surface area contributed by atoms with Crippen LogP contribution in [0.3, 0.4) is 0 Å². The fraction of sp³-hybridized carbons (Fsp3) is 0.294. The maximum Gasteiger partial charge on any atom is 0.228 e. The van der Waals surface area contributed by atoms with E-state index in [4.69, 9.17) is 11.6 Å². The Morgan fingerprint density at radius 3 is 2.32 bits per heavy atom. The lowest BCUT2D eigenvalue weighted by Crippen LogP contribution is -2.40. The summed E-state index contributed by atoms with van der Waals surface area (Å²) in [5, 5.41) is 6.23. The van der Waals surface area contributed by atoms with E-state index in [1.165, 1.54) is 0 Å². The first-order chi connectivity index (χ1) is 10.6. The van der Waals surface area contributed by atoms with Crippen molar-refractivity contribution in [1.29, 1.82) is 0 Å². The molecule has 0 aliphatic heterocycles. The summed E-state index contributed by atoms with van der Waals surface area (Å²) in [5.41, 5.74) is 0.675. The molecule has 1 aliphatic carbocycles. The predicted molar refractivity (Wildman–Crippen MR) is 88.6 cm³/mol. The van der Waals surface area contributed by atoms with Crippen LogP contribution in [0, 0.1) is 11.8 Å². The molecule has 0 saturated heterocycles. The topological polar surface area (TPSA) is 58.2 Å². The molecule has 1 aliphatic rings. The van der Waals surface area contributed by atoms with Crippen LogP contribution >= 0.6 is 11.6 Å². The van der Waals surface area contributed by atoms with Gasteiger partial charge in [-0.25, -0.2) is 0 Å². The second kappa shape index (κ2) is 7.80. The minimum atomic E-state index is -0.370. The molecule has 22 heavy (non-hydrogen) atoms. The van der Waals surface area contributed by atoms with Gasteiger partial charge in [-0.2, -0.15) is 0 Å². The largest absolute Gasteiger partial charge is 0.352 e. The van der Waals surface area contributed by atoms with Gasteiger partial charge in [0.25, 0.3) is 0 Å². The van der Waals surface area contributed by atoms with Gasteiger partial charge in [0.2, 0.25) is 11.8 Å². The van der Waals surface area contributed by atoms with E-state index in [-0.39, 0.29) is 23.7 Å². The fourth-order valence-corrected chi connectivity index (χ4v) is 2.59. The molecule has 2 rings (SSSR count). The molecule has 0 heterocycles. The van der Waals surface area contributed by atoms with Crippen LogP contribution in [0.25, 0.3) is 0 Å². The van der Waals surface area contributed by atoms with E-state index in [0.717, 1.165) is 0 Å². The first-order valence-electron chi connectivity index (χ1n) is 7.22. The summed E-state index contributed by atoms with van der Waals surface area (Å²) in [6.07, 6.45) is 6.65. The molecule has 2 atom stereocenters. The van der Waals surface area contributed by atoms with Gasteiger partial charge in [0.05, 0.1) is 11.8 Å². The van der Waals surface area contributed by atoms with Gasteiger partial charge in [-0.1, -0.05) is 29.8 Å². The minimum Gasteiger partial charge on any atom is -0.352 e. The van der Waals surface area contributed by atoms with Gasteiger partial charge in [0, 0.05) is 17.3 Å². The molecule has 0 spiro atoms. The Kier molecular flexibility index (Phi) is 5.78. The molecular formula is C17H19ClN2O2. The third kappa shape index (κ3) is 4.21. The standard InChI is InChI=1S/C17H19ClN2O2/c1-2-11-19-16(21)14-5-3-4-6-15(14)17(22)20-13-9-7-12(18)8-10-13/h2-4,7-10,14-15H,1,5-6,11H2,(H,19,21)(H,20,22)/t14-,15-/m1/s1. The smallest absolute Gasteiger partial charge is 0.228 e. The highest BCUT2D eigenvalue weighted by Crippen LogP contribution is 2.27. The van der Waals surface area contributed by atoms with Crippen LogP contribution in [-0.4, -0.2) is 18.4 Å². The van der Waals surface area contributed by atoms with Crippen molar-refractivity contribution in [3.05, 3.63) is 54.1 Å². The summed E-state index contributed by atoms with van der Waals surface area (Å²) in [6, 6.07) is 6.91. The van der Waals surface area contributed by atoms with Crippen molar-refractivity contribution in [1.82, 2.24) is 5.32 Å². The monoisotopic (exact) mass is 318 g/mol. The highest BCUT2D eigenvalue weighted by Gasteiger charge is 2.33. The molecule has 116 valence electrons. The summed E-state index contributed by atoms with van der Waals surface area (Å²) in [4.78, 5) is 24.6. The number of benzene rings is 1. The SMILES string of the molecule is C=CCNC(=O)[C@@H]1CC=CC[C@H]1C(=O)Nc1ccc(Cl)cc1. The summed E-state index contributed by atoms with van der Waals surface area (Å²) in [5.74, 6) is -0.978. The predicted octanol–water partition coefficient (Wildman–Crippen LogP) is 3.16. The molecule has 2 amide bonds. The maximum atomic E-state index is 12.5. The van der Waals surface area contributed by atoms with Gasteiger partial charge in [-0.05, 0) is 37.1 Å². The molecule has 0 saturated carbocycles. The molecule has 0 unspecified atom stereocenters. The number of hydrogen-bond donors (Lipinski definition) is 2. The zero-order chi connectivity index (χ0) is 15.9. The van der Waals surface area contributed by atoms with Crippen LogP contribution < -0.4 is 10.6 Å². The van der Waals surface area contributed by atoms with Crippen LogP contribution in [0.15, 0.2) is 49.1 Å². The summed E-state index contributed by atoms with van der Waals surface area (Å²) >= 11 is 5.83. The third-order valence-corrected chi connectivity index (χ3v) is 3.89. The Morgan fingerprint density at radius 2 is 1.73 bits per heavy atom. The van der Waals surface area contributed by atoms with E-state index < -0.39 is 0 Å². The summed E-state index contributed by atoms with van der Waals surface area (Å²) in [7, 11) is 0. The Balaban J connectivity index is 2.05. The number of nitrogens with one attached hydrogen (secondary N) is 2. The molecular weight excluding hydrogens is 300 g/mol. The van der Waals surface area contributed by atoms with E-state index in [1.54, 1.807) is 30.3 Å². The number of anilines is 1. The van der Waals surface area contributed by atoms with E-state index >= 15 is 0 Å². The highest BCUT2D eigenvalue weighted by molar-refractivity contribution is 6.30. The molecule has 0 fully saturated rings. The van der Waals surface area contributed by atoms with Crippen molar-refractivity contribution in [2.75, 3.05) is 11.9 Å². The Labute approximate surface area is 135 Å². The zero-order valence-corrected chi connectivity index (χ0v) is 13.0.